The van der Waals surface area contributed by atoms with Gasteiger partial charge >= 0.3 is 0 Å². The molecule has 0 radical (unpaired) electrons. The van der Waals surface area contributed by atoms with Crippen LogP contribution < -0.4 is 0 Å². The SMILES string of the molecule is Cc1ccc2c(c1)C(C)(C)c1cc(C)ccc1-2.Cc1ccc2c(c1)C1(CCCC1)c1cc(C)ccc1-2.Cc1ccc2c(c1)C1(CCCCC1)c1cc(C)ccc1-2.Cc1ccc2c(ccc3cc(C)ccc32)c1. The minimum absolute atomic E-state index is 0.142. The topological polar surface area (TPSA) is 0 Å². The first-order valence-corrected chi connectivity index (χ1v) is 27.2. The highest BCUT2D eigenvalue weighted by Crippen LogP contribution is 2.58. The lowest BCUT2D eigenvalue weighted by Crippen LogP contribution is -2.28. The van der Waals surface area contributed by atoms with Crippen LogP contribution in [0.25, 0.3) is 54.9 Å². The zero-order valence-corrected chi connectivity index (χ0v) is 44.9. The minimum Gasteiger partial charge on any atom is -0.0587 e. The summed E-state index contributed by atoms with van der Waals surface area (Å²) in [6, 6.07) is 59.6. The highest BCUT2D eigenvalue weighted by atomic mass is 14.5. The Labute approximate surface area is 431 Å². The van der Waals surface area contributed by atoms with Crippen LogP contribution >= 0.6 is 0 Å². The van der Waals surface area contributed by atoms with Gasteiger partial charge in [0.1, 0.15) is 0 Å². The Kier molecular flexibility index (Phi) is 12.3. The van der Waals surface area contributed by atoms with Gasteiger partial charge in [-0.25, -0.2) is 0 Å². The first-order valence-electron chi connectivity index (χ1n) is 27.2. The number of hydrogen-bond donors (Lipinski definition) is 0. The minimum atomic E-state index is 0.142. The van der Waals surface area contributed by atoms with E-state index < -0.39 is 0 Å². The number of aryl methyl sites for hydroxylation is 8. The van der Waals surface area contributed by atoms with Crippen LogP contribution in [0.4, 0.5) is 0 Å². The molecular weight excluding hydrogens is 865 g/mol. The maximum absolute atomic E-state index is 2.45. The first kappa shape index (κ1) is 47.8. The summed E-state index contributed by atoms with van der Waals surface area (Å²) in [4.78, 5) is 0. The summed E-state index contributed by atoms with van der Waals surface area (Å²) in [6.07, 6.45) is 12.2. The molecule has 0 amide bonds. The third-order valence-corrected chi connectivity index (χ3v) is 17.6. The molecular formula is C72H74. The zero-order chi connectivity index (χ0) is 50.1. The van der Waals surface area contributed by atoms with Crippen LogP contribution in [0.5, 0.6) is 0 Å². The van der Waals surface area contributed by atoms with Crippen molar-refractivity contribution in [1.82, 2.24) is 0 Å². The second-order valence-electron chi connectivity index (χ2n) is 23.4. The molecule has 0 unspecified atom stereocenters. The van der Waals surface area contributed by atoms with Gasteiger partial charge in [-0.1, -0.05) is 248 Å². The smallest absolute Gasteiger partial charge is 0.0215 e. The van der Waals surface area contributed by atoms with E-state index >= 15 is 0 Å². The van der Waals surface area contributed by atoms with E-state index in [4.69, 9.17) is 0 Å². The van der Waals surface area contributed by atoms with Gasteiger partial charge in [-0.05, 0) is 169 Å². The third-order valence-electron chi connectivity index (χ3n) is 17.6. The highest BCUT2D eigenvalue weighted by molar-refractivity contribution is 6.07. The van der Waals surface area contributed by atoms with Crippen LogP contribution in [0.3, 0.4) is 0 Å². The molecule has 9 aromatic carbocycles. The fraction of sp³-hybridized carbons (Fsp3) is 0.306. The second kappa shape index (κ2) is 18.5. The average molecular weight is 939 g/mol. The molecule has 5 aliphatic carbocycles. The van der Waals surface area contributed by atoms with Crippen molar-refractivity contribution in [2.24, 2.45) is 0 Å². The summed E-state index contributed by atoms with van der Waals surface area (Å²) in [5, 5.41) is 5.36. The van der Waals surface area contributed by atoms with Crippen molar-refractivity contribution in [3.05, 3.63) is 236 Å². The molecule has 2 spiro atoms. The molecule has 72 heavy (non-hydrogen) atoms. The average Bonchev–Trinajstić information content (AvgIpc) is 4.09. The standard InChI is InChI=1S/C20H22.C19H20.C17H18.C16H14/c1-14-6-8-16-17-9-7-15(2)13-19(17)20(18(16)12-14)10-4-3-5-11-20;1-13-5-7-15-16-8-6-14(2)12-18(16)19(17(15)11-13)9-3-4-10-19;1-11-5-7-13-14-8-6-12(2)10-16(14)17(3,4)15(13)9-11;1-11-3-7-15-13(9-11)5-6-14-10-12(2)4-8-16(14)15/h6-9,12-13H,3-5,10-11H2,1-2H3;5-8,11-12H,3-4,9-10H2,1-2H3;5-10H,1-4H3;3-10H,1-2H3. The molecule has 0 bridgehead atoms. The lowest BCUT2D eigenvalue weighted by Gasteiger charge is -2.36. The van der Waals surface area contributed by atoms with E-state index in [9.17, 15) is 0 Å². The Hall–Kier alpha value is -6.50. The summed E-state index contributed by atoms with van der Waals surface area (Å²) < 4.78 is 0. The van der Waals surface area contributed by atoms with Gasteiger partial charge in [0.25, 0.3) is 0 Å². The second-order valence-corrected chi connectivity index (χ2v) is 23.4. The van der Waals surface area contributed by atoms with Crippen LogP contribution in [0.15, 0.2) is 158 Å². The van der Waals surface area contributed by atoms with Crippen LogP contribution in [-0.4, -0.2) is 0 Å². The summed E-state index contributed by atoms with van der Waals surface area (Å²) in [7, 11) is 0. The summed E-state index contributed by atoms with van der Waals surface area (Å²) in [5.41, 5.74) is 29.9. The van der Waals surface area contributed by atoms with Crippen molar-refractivity contribution < 1.29 is 0 Å². The maximum Gasteiger partial charge on any atom is 0.0215 e. The molecule has 5 aliphatic rings. The molecule has 0 heterocycles. The lowest BCUT2D eigenvalue weighted by molar-refractivity contribution is 0.352. The molecule has 2 saturated carbocycles. The Bertz CT molecular complexity index is 3340. The molecule has 9 aromatic rings. The van der Waals surface area contributed by atoms with Gasteiger partial charge in [0, 0.05) is 16.2 Å². The van der Waals surface area contributed by atoms with Crippen LogP contribution in [0.1, 0.15) is 150 Å². The van der Waals surface area contributed by atoms with Gasteiger partial charge in [0.2, 0.25) is 0 Å². The molecule has 0 saturated heterocycles. The molecule has 0 N–H and O–H groups in total. The normalized spacial score (nSPS) is 16.3. The van der Waals surface area contributed by atoms with E-state index in [0.717, 1.165) is 0 Å². The molecule has 0 aromatic heterocycles. The van der Waals surface area contributed by atoms with Gasteiger partial charge in [-0.2, -0.15) is 0 Å². The van der Waals surface area contributed by atoms with E-state index in [2.05, 4.69) is 227 Å². The molecule has 0 aliphatic heterocycles. The summed E-state index contributed by atoms with van der Waals surface area (Å²) >= 11 is 0. The molecule has 362 valence electrons. The molecule has 2 fully saturated rings. The lowest BCUT2D eigenvalue weighted by atomic mass is 9.67. The van der Waals surface area contributed by atoms with Crippen LogP contribution in [0, 0.1) is 55.4 Å². The molecule has 14 rings (SSSR count). The Balaban J connectivity index is 0.000000104. The van der Waals surface area contributed by atoms with Crippen molar-refractivity contribution in [3.63, 3.8) is 0 Å². The van der Waals surface area contributed by atoms with E-state index in [-0.39, 0.29) is 5.41 Å². The van der Waals surface area contributed by atoms with Gasteiger partial charge in [0.05, 0.1) is 0 Å². The van der Waals surface area contributed by atoms with Crippen molar-refractivity contribution in [2.45, 2.75) is 143 Å². The van der Waals surface area contributed by atoms with E-state index in [0.29, 0.717) is 10.8 Å². The quantitative estimate of drug-likeness (QED) is 0.133. The summed E-state index contributed by atoms with van der Waals surface area (Å²) in [6.45, 7) is 22.2. The number of hydrogen-bond acceptors (Lipinski definition) is 0. The Morgan fingerprint density at radius 1 is 0.250 bits per heavy atom. The van der Waals surface area contributed by atoms with Gasteiger partial charge < -0.3 is 0 Å². The monoisotopic (exact) mass is 939 g/mol. The van der Waals surface area contributed by atoms with Crippen molar-refractivity contribution in [2.75, 3.05) is 0 Å². The van der Waals surface area contributed by atoms with Crippen molar-refractivity contribution >= 4 is 21.5 Å². The Morgan fingerprint density at radius 3 is 0.792 bits per heavy atom. The molecule has 0 atom stereocenters. The van der Waals surface area contributed by atoms with Crippen LogP contribution in [-0.2, 0) is 16.2 Å². The van der Waals surface area contributed by atoms with E-state index in [1.165, 1.54) is 168 Å². The highest BCUT2D eigenvalue weighted by Gasteiger charge is 2.46. The van der Waals surface area contributed by atoms with E-state index in [1.807, 2.05) is 0 Å². The fourth-order valence-corrected chi connectivity index (χ4v) is 13.9. The van der Waals surface area contributed by atoms with Gasteiger partial charge in [0.15, 0.2) is 0 Å². The van der Waals surface area contributed by atoms with Gasteiger partial charge in [-0.15, -0.1) is 0 Å². The predicted molar refractivity (Wildman–Crippen MR) is 310 cm³/mol. The number of fused-ring (bicyclic) bond motifs is 16. The zero-order valence-electron chi connectivity index (χ0n) is 44.9. The first-order chi connectivity index (χ1) is 34.6. The van der Waals surface area contributed by atoms with Crippen molar-refractivity contribution in [3.8, 4) is 33.4 Å². The maximum atomic E-state index is 2.45. The van der Waals surface area contributed by atoms with Crippen LogP contribution in [0.2, 0.25) is 0 Å². The van der Waals surface area contributed by atoms with Gasteiger partial charge in [-0.3, -0.25) is 0 Å². The fourth-order valence-electron chi connectivity index (χ4n) is 13.9. The third kappa shape index (κ3) is 8.24. The molecule has 0 nitrogen and oxygen atoms in total. The van der Waals surface area contributed by atoms with Crippen molar-refractivity contribution in [1.29, 1.82) is 0 Å². The molecule has 0 heteroatoms. The number of benzene rings is 9. The predicted octanol–water partition coefficient (Wildman–Crippen LogP) is 19.9. The van der Waals surface area contributed by atoms with E-state index in [1.54, 1.807) is 22.3 Å². The Morgan fingerprint density at radius 2 is 0.486 bits per heavy atom. The largest absolute Gasteiger partial charge is 0.0587 e. The summed E-state index contributed by atoms with van der Waals surface area (Å²) in [5.74, 6) is 0. The number of rotatable bonds is 0.